The first-order valence-electron chi connectivity index (χ1n) is 6.15. The molecule has 1 aliphatic carbocycles. The van der Waals surface area contributed by atoms with E-state index >= 15 is 0 Å². The second-order valence-corrected chi connectivity index (χ2v) is 4.48. The third-order valence-electron chi connectivity index (χ3n) is 2.97. The zero-order valence-electron chi connectivity index (χ0n) is 10.7. The molecule has 1 fully saturated rings. The lowest BCUT2D eigenvalue weighted by molar-refractivity contribution is 0.625. The van der Waals surface area contributed by atoms with E-state index < -0.39 is 0 Å². The van der Waals surface area contributed by atoms with Crippen LogP contribution in [0.1, 0.15) is 31.5 Å². The highest BCUT2D eigenvalue weighted by molar-refractivity contribution is 14.0. The number of rotatable bonds is 4. The minimum atomic E-state index is 0. The van der Waals surface area contributed by atoms with Crippen LogP contribution in [-0.2, 0) is 13.5 Å². The molecular formula is C11H21IN6. The monoisotopic (exact) mass is 364 g/mol. The van der Waals surface area contributed by atoms with E-state index in [0.29, 0.717) is 18.5 Å². The molecule has 18 heavy (non-hydrogen) atoms. The van der Waals surface area contributed by atoms with Gasteiger partial charge in [0.2, 0.25) is 0 Å². The SMILES string of the molecule is Cn1cnc(CCN=C(N)NC2CCCC2)n1.I. The zero-order chi connectivity index (χ0) is 12.1. The summed E-state index contributed by atoms with van der Waals surface area (Å²) in [5.41, 5.74) is 5.82. The van der Waals surface area contributed by atoms with Gasteiger partial charge >= 0.3 is 0 Å². The van der Waals surface area contributed by atoms with Crippen molar-refractivity contribution in [1.82, 2.24) is 20.1 Å². The van der Waals surface area contributed by atoms with Gasteiger partial charge in [-0.2, -0.15) is 5.10 Å². The molecule has 0 aromatic carbocycles. The summed E-state index contributed by atoms with van der Waals surface area (Å²) in [5.74, 6) is 1.36. The first-order chi connectivity index (χ1) is 8.24. The van der Waals surface area contributed by atoms with Crippen LogP contribution in [0.25, 0.3) is 0 Å². The second kappa shape index (κ2) is 7.55. The van der Waals surface area contributed by atoms with Gasteiger partial charge in [0.25, 0.3) is 0 Å². The Labute approximate surface area is 124 Å². The molecule has 1 aliphatic rings. The molecule has 3 N–H and O–H groups in total. The maximum absolute atomic E-state index is 5.82. The molecule has 0 saturated heterocycles. The molecule has 0 unspecified atom stereocenters. The Hall–Kier alpha value is -0.860. The van der Waals surface area contributed by atoms with E-state index in [0.717, 1.165) is 12.2 Å². The van der Waals surface area contributed by atoms with Crippen molar-refractivity contribution in [2.75, 3.05) is 6.54 Å². The lowest BCUT2D eigenvalue weighted by Crippen LogP contribution is -2.38. The number of halogens is 1. The molecule has 0 bridgehead atoms. The smallest absolute Gasteiger partial charge is 0.188 e. The van der Waals surface area contributed by atoms with Crippen molar-refractivity contribution >= 4 is 29.9 Å². The zero-order valence-corrected chi connectivity index (χ0v) is 13.0. The first kappa shape index (κ1) is 15.2. The molecule has 1 aromatic rings. The number of nitrogens with one attached hydrogen (secondary N) is 1. The summed E-state index contributed by atoms with van der Waals surface area (Å²) in [4.78, 5) is 8.42. The molecule has 6 nitrogen and oxygen atoms in total. The third kappa shape index (κ3) is 4.79. The van der Waals surface area contributed by atoms with Gasteiger partial charge in [-0.15, -0.1) is 24.0 Å². The van der Waals surface area contributed by atoms with Gasteiger partial charge in [0.1, 0.15) is 6.33 Å². The first-order valence-corrected chi connectivity index (χ1v) is 6.15. The molecule has 0 spiro atoms. The van der Waals surface area contributed by atoms with E-state index in [1.807, 2.05) is 7.05 Å². The van der Waals surface area contributed by atoms with Gasteiger partial charge in [0.05, 0.1) is 0 Å². The quantitative estimate of drug-likeness (QED) is 0.471. The summed E-state index contributed by atoms with van der Waals surface area (Å²) < 4.78 is 1.69. The third-order valence-corrected chi connectivity index (χ3v) is 2.97. The summed E-state index contributed by atoms with van der Waals surface area (Å²) >= 11 is 0. The summed E-state index contributed by atoms with van der Waals surface area (Å²) in [6.07, 6.45) is 7.43. The maximum Gasteiger partial charge on any atom is 0.188 e. The van der Waals surface area contributed by atoms with Gasteiger partial charge in [-0.05, 0) is 12.8 Å². The Bertz CT molecular complexity index is 383. The minimum Gasteiger partial charge on any atom is -0.370 e. The standard InChI is InChI=1S/C11H20N6.HI/c1-17-8-14-10(16-17)6-7-13-11(12)15-9-4-2-3-5-9;/h8-9H,2-7H2,1H3,(H3,12,13,15);1H. The lowest BCUT2D eigenvalue weighted by atomic mass is 10.2. The van der Waals surface area contributed by atoms with Crippen LogP contribution >= 0.6 is 24.0 Å². The van der Waals surface area contributed by atoms with Crippen LogP contribution in [-0.4, -0.2) is 33.3 Å². The van der Waals surface area contributed by atoms with E-state index in [2.05, 4.69) is 20.4 Å². The van der Waals surface area contributed by atoms with Crippen molar-refractivity contribution < 1.29 is 0 Å². The lowest BCUT2D eigenvalue weighted by Gasteiger charge is -2.11. The topological polar surface area (TPSA) is 81.1 Å². The van der Waals surface area contributed by atoms with Gasteiger partial charge in [-0.3, -0.25) is 9.67 Å². The van der Waals surface area contributed by atoms with Crippen LogP contribution in [0.4, 0.5) is 0 Å². The average Bonchev–Trinajstić information content (AvgIpc) is 2.90. The number of hydrogen-bond acceptors (Lipinski definition) is 3. The molecule has 0 amide bonds. The fourth-order valence-electron chi connectivity index (χ4n) is 2.10. The van der Waals surface area contributed by atoms with E-state index in [-0.39, 0.29) is 24.0 Å². The average molecular weight is 364 g/mol. The molecule has 1 aromatic heterocycles. The van der Waals surface area contributed by atoms with Crippen LogP contribution in [0, 0.1) is 0 Å². The number of nitrogens with zero attached hydrogens (tertiary/aromatic N) is 4. The van der Waals surface area contributed by atoms with Crippen LogP contribution in [0.5, 0.6) is 0 Å². The van der Waals surface area contributed by atoms with Gasteiger partial charge in [0, 0.05) is 26.1 Å². The largest absolute Gasteiger partial charge is 0.370 e. The molecule has 1 saturated carbocycles. The maximum atomic E-state index is 5.82. The van der Waals surface area contributed by atoms with Crippen molar-refractivity contribution in [1.29, 1.82) is 0 Å². The predicted octanol–water partition coefficient (Wildman–Crippen LogP) is 0.822. The molecule has 102 valence electrons. The van der Waals surface area contributed by atoms with Crippen molar-refractivity contribution in [3.63, 3.8) is 0 Å². The Morgan fingerprint density at radius 2 is 2.28 bits per heavy atom. The normalized spacial score (nSPS) is 16.6. The number of aromatic nitrogens is 3. The number of guanidine groups is 1. The summed E-state index contributed by atoms with van der Waals surface area (Å²) in [6.45, 7) is 0.634. The molecule has 1 heterocycles. The predicted molar refractivity (Wildman–Crippen MR) is 82.0 cm³/mol. The van der Waals surface area contributed by atoms with Crippen LogP contribution in [0.3, 0.4) is 0 Å². The van der Waals surface area contributed by atoms with Crippen LogP contribution < -0.4 is 11.1 Å². The number of hydrogen-bond donors (Lipinski definition) is 2. The summed E-state index contributed by atoms with van der Waals surface area (Å²) in [7, 11) is 1.86. The van der Waals surface area contributed by atoms with Gasteiger partial charge < -0.3 is 11.1 Å². The molecule has 2 rings (SSSR count). The van der Waals surface area contributed by atoms with E-state index in [4.69, 9.17) is 5.73 Å². The van der Waals surface area contributed by atoms with E-state index in [9.17, 15) is 0 Å². The number of aryl methyl sites for hydroxylation is 1. The Morgan fingerprint density at radius 3 is 2.89 bits per heavy atom. The van der Waals surface area contributed by atoms with Crippen molar-refractivity contribution in [3.8, 4) is 0 Å². The Morgan fingerprint density at radius 1 is 1.56 bits per heavy atom. The highest BCUT2D eigenvalue weighted by Gasteiger charge is 2.14. The highest BCUT2D eigenvalue weighted by Crippen LogP contribution is 2.17. The fraction of sp³-hybridized carbons (Fsp3) is 0.727. The molecular weight excluding hydrogens is 343 g/mol. The van der Waals surface area contributed by atoms with Crippen LogP contribution in [0.2, 0.25) is 0 Å². The number of aliphatic imine (C=N–C) groups is 1. The summed E-state index contributed by atoms with van der Waals surface area (Å²) in [5, 5.41) is 7.44. The van der Waals surface area contributed by atoms with E-state index in [1.165, 1.54) is 25.7 Å². The van der Waals surface area contributed by atoms with Gasteiger partial charge in [0.15, 0.2) is 11.8 Å². The molecule has 0 aliphatic heterocycles. The Kier molecular flexibility index (Phi) is 6.37. The Balaban J connectivity index is 0.00000162. The van der Waals surface area contributed by atoms with Crippen molar-refractivity contribution in [3.05, 3.63) is 12.2 Å². The number of nitrogens with two attached hydrogens (primary N) is 1. The van der Waals surface area contributed by atoms with Crippen molar-refractivity contribution in [2.45, 2.75) is 38.1 Å². The van der Waals surface area contributed by atoms with Gasteiger partial charge in [-0.25, -0.2) is 4.98 Å². The van der Waals surface area contributed by atoms with Crippen LogP contribution in [0.15, 0.2) is 11.3 Å². The van der Waals surface area contributed by atoms with Crippen molar-refractivity contribution in [2.24, 2.45) is 17.8 Å². The van der Waals surface area contributed by atoms with E-state index in [1.54, 1.807) is 11.0 Å². The second-order valence-electron chi connectivity index (χ2n) is 4.48. The fourth-order valence-corrected chi connectivity index (χ4v) is 2.10. The summed E-state index contributed by atoms with van der Waals surface area (Å²) in [6, 6.07) is 0.520. The molecule has 7 heteroatoms. The van der Waals surface area contributed by atoms with Gasteiger partial charge in [-0.1, -0.05) is 12.8 Å². The molecule has 0 atom stereocenters. The highest BCUT2D eigenvalue weighted by atomic mass is 127. The minimum absolute atomic E-state index is 0. The molecule has 0 radical (unpaired) electrons.